The average Bonchev–Trinajstić information content (AvgIpc) is 2.27. The molecule has 0 aliphatic carbocycles. The zero-order valence-corrected chi connectivity index (χ0v) is 9.53. The molecule has 4 nitrogen and oxygen atoms in total. The molecular formula is C12H13NO3. The van der Waals surface area contributed by atoms with Crippen molar-refractivity contribution in [2.45, 2.75) is 13.3 Å². The zero-order chi connectivity index (χ0) is 11.7. The van der Waals surface area contributed by atoms with E-state index in [1.165, 1.54) is 0 Å². The number of methoxy groups -OCH3 is 2. The van der Waals surface area contributed by atoms with Crippen molar-refractivity contribution in [3.05, 3.63) is 23.3 Å². The van der Waals surface area contributed by atoms with Crippen LogP contribution in [0.5, 0.6) is 11.5 Å². The molecule has 0 saturated carbocycles. The number of carbonyl (C=O) groups excluding carboxylic acids is 1. The summed E-state index contributed by atoms with van der Waals surface area (Å²) in [7, 11) is 3.17. The second kappa shape index (κ2) is 3.96. The molecule has 1 aliphatic heterocycles. The van der Waals surface area contributed by atoms with Crippen molar-refractivity contribution in [1.29, 1.82) is 0 Å². The second-order valence-electron chi connectivity index (χ2n) is 3.63. The standard InChI is InChI=1S/C12H13NO3/c1-7-9-6-11(16-3)10(15-2)4-8(9)5-12(14)13-7/h4,6H,5H2,1-3H3. The molecule has 0 bridgehead atoms. The third kappa shape index (κ3) is 1.66. The highest BCUT2D eigenvalue weighted by Gasteiger charge is 2.19. The van der Waals surface area contributed by atoms with Crippen LogP contribution in [0.1, 0.15) is 18.1 Å². The van der Waals surface area contributed by atoms with Gasteiger partial charge in [0.15, 0.2) is 11.5 Å². The first-order valence-electron chi connectivity index (χ1n) is 4.99. The van der Waals surface area contributed by atoms with E-state index in [9.17, 15) is 4.79 Å². The van der Waals surface area contributed by atoms with Crippen LogP contribution in [-0.4, -0.2) is 25.8 Å². The molecule has 0 unspecified atom stereocenters. The highest BCUT2D eigenvalue weighted by atomic mass is 16.5. The molecule has 0 spiro atoms. The van der Waals surface area contributed by atoms with Crippen LogP contribution < -0.4 is 9.47 Å². The van der Waals surface area contributed by atoms with Gasteiger partial charge in [-0.15, -0.1) is 0 Å². The van der Waals surface area contributed by atoms with Crippen molar-refractivity contribution < 1.29 is 14.3 Å². The number of ether oxygens (including phenoxy) is 2. The predicted octanol–water partition coefficient (Wildman–Crippen LogP) is 1.60. The van der Waals surface area contributed by atoms with Crippen molar-refractivity contribution in [3.63, 3.8) is 0 Å². The molecule has 1 aliphatic rings. The van der Waals surface area contributed by atoms with Crippen molar-refractivity contribution in [1.82, 2.24) is 0 Å². The second-order valence-corrected chi connectivity index (χ2v) is 3.63. The summed E-state index contributed by atoms with van der Waals surface area (Å²) in [5.74, 6) is 1.19. The number of carbonyl (C=O) groups is 1. The highest BCUT2D eigenvalue weighted by molar-refractivity contribution is 6.10. The third-order valence-corrected chi connectivity index (χ3v) is 2.63. The summed E-state index contributed by atoms with van der Waals surface area (Å²) in [6.45, 7) is 1.82. The lowest BCUT2D eigenvalue weighted by Crippen LogP contribution is -2.14. The van der Waals surface area contributed by atoms with E-state index in [0.717, 1.165) is 16.8 Å². The molecule has 0 atom stereocenters. The summed E-state index contributed by atoms with van der Waals surface area (Å²) in [5.41, 5.74) is 2.62. The van der Waals surface area contributed by atoms with Crippen LogP contribution in [0.3, 0.4) is 0 Å². The lowest BCUT2D eigenvalue weighted by atomic mass is 9.97. The molecule has 1 amide bonds. The Labute approximate surface area is 93.9 Å². The van der Waals surface area contributed by atoms with E-state index in [4.69, 9.17) is 9.47 Å². The monoisotopic (exact) mass is 219 g/mol. The fourth-order valence-electron chi connectivity index (χ4n) is 1.85. The molecule has 0 N–H and O–H groups in total. The first kappa shape index (κ1) is 10.7. The summed E-state index contributed by atoms with van der Waals surface area (Å²) in [6.07, 6.45) is 0.326. The number of rotatable bonds is 2. The van der Waals surface area contributed by atoms with Gasteiger partial charge in [-0.25, -0.2) is 4.99 Å². The Balaban J connectivity index is 2.59. The van der Waals surface area contributed by atoms with E-state index in [2.05, 4.69) is 4.99 Å². The minimum atomic E-state index is -0.114. The summed E-state index contributed by atoms with van der Waals surface area (Å²) >= 11 is 0. The van der Waals surface area contributed by atoms with E-state index in [0.29, 0.717) is 17.9 Å². The molecule has 2 rings (SSSR count). The minimum Gasteiger partial charge on any atom is -0.493 e. The van der Waals surface area contributed by atoms with Gasteiger partial charge in [-0.3, -0.25) is 4.79 Å². The van der Waals surface area contributed by atoms with E-state index in [-0.39, 0.29) is 5.91 Å². The molecule has 0 aromatic heterocycles. The number of fused-ring (bicyclic) bond motifs is 1. The number of aliphatic imine (C=N–C) groups is 1. The maximum atomic E-state index is 11.3. The van der Waals surface area contributed by atoms with Crippen LogP contribution in [0.4, 0.5) is 0 Å². The molecule has 84 valence electrons. The fourth-order valence-corrected chi connectivity index (χ4v) is 1.85. The minimum absolute atomic E-state index is 0.114. The van der Waals surface area contributed by atoms with E-state index in [1.807, 2.05) is 19.1 Å². The molecule has 4 heteroatoms. The number of benzene rings is 1. The number of hydrogen-bond acceptors (Lipinski definition) is 3. The quantitative estimate of drug-likeness (QED) is 0.759. The zero-order valence-electron chi connectivity index (χ0n) is 9.53. The summed E-state index contributed by atoms with van der Waals surface area (Å²) < 4.78 is 10.4. The Kier molecular flexibility index (Phi) is 2.64. The van der Waals surface area contributed by atoms with E-state index >= 15 is 0 Å². The van der Waals surface area contributed by atoms with Crippen LogP contribution in [-0.2, 0) is 11.2 Å². The normalized spacial score (nSPS) is 14.2. The van der Waals surface area contributed by atoms with Gasteiger partial charge in [0, 0.05) is 11.3 Å². The van der Waals surface area contributed by atoms with Crippen molar-refractivity contribution >= 4 is 11.6 Å². The van der Waals surface area contributed by atoms with Crippen LogP contribution in [0.15, 0.2) is 17.1 Å². The first-order valence-corrected chi connectivity index (χ1v) is 4.99. The van der Waals surface area contributed by atoms with Gasteiger partial charge in [-0.1, -0.05) is 0 Å². The van der Waals surface area contributed by atoms with Crippen LogP contribution >= 0.6 is 0 Å². The van der Waals surface area contributed by atoms with Crippen LogP contribution in [0.25, 0.3) is 0 Å². The number of amides is 1. The molecule has 1 aromatic rings. The number of hydrogen-bond donors (Lipinski definition) is 0. The fraction of sp³-hybridized carbons (Fsp3) is 0.333. The van der Waals surface area contributed by atoms with E-state index < -0.39 is 0 Å². The van der Waals surface area contributed by atoms with Gasteiger partial charge in [-0.05, 0) is 24.6 Å². The van der Waals surface area contributed by atoms with Gasteiger partial charge in [0.2, 0.25) is 5.91 Å². The third-order valence-electron chi connectivity index (χ3n) is 2.63. The first-order chi connectivity index (χ1) is 7.65. The SMILES string of the molecule is COc1cc2c(cc1OC)C(C)=NC(=O)C2. The van der Waals surface area contributed by atoms with Gasteiger partial charge in [-0.2, -0.15) is 0 Å². The lowest BCUT2D eigenvalue weighted by molar-refractivity contribution is -0.117. The average molecular weight is 219 g/mol. The Hall–Kier alpha value is -1.84. The summed E-state index contributed by atoms with van der Waals surface area (Å²) in [5, 5.41) is 0. The Morgan fingerprint density at radius 2 is 1.81 bits per heavy atom. The lowest BCUT2D eigenvalue weighted by Gasteiger charge is -2.16. The maximum Gasteiger partial charge on any atom is 0.250 e. The van der Waals surface area contributed by atoms with Crippen molar-refractivity contribution in [3.8, 4) is 11.5 Å². The van der Waals surface area contributed by atoms with Gasteiger partial charge < -0.3 is 9.47 Å². The van der Waals surface area contributed by atoms with Crippen molar-refractivity contribution in [2.75, 3.05) is 14.2 Å². The molecular weight excluding hydrogens is 206 g/mol. The van der Waals surface area contributed by atoms with Gasteiger partial charge >= 0.3 is 0 Å². The number of nitrogens with zero attached hydrogens (tertiary/aromatic N) is 1. The molecule has 0 radical (unpaired) electrons. The van der Waals surface area contributed by atoms with Gasteiger partial charge in [0.05, 0.1) is 20.6 Å². The molecule has 16 heavy (non-hydrogen) atoms. The van der Waals surface area contributed by atoms with Gasteiger partial charge in [0.1, 0.15) is 0 Å². The van der Waals surface area contributed by atoms with Gasteiger partial charge in [0.25, 0.3) is 0 Å². The molecule has 0 saturated heterocycles. The molecule has 1 heterocycles. The largest absolute Gasteiger partial charge is 0.493 e. The summed E-state index contributed by atoms with van der Waals surface area (Å²) in [6, 6.07) is 3.70. The highest BCUT2D eigenvalue weighted by Crippen LogP contribution is 2.32. The topological polar surface area (TPSA) is 47.9 Å². The molecule has 0 fully saturated rings. The summed E-state index contributed by atoms with van der Waals surface area (Å²) in [4.78, 5) is 15.3. The predicted molar refractivity (Wildman–Crippen MR) is 60.5 cm³/mol. The molecule has 1 aromatic carbocycles. The van der Waals surface area contributed by atoms with E-state index in [1.54, 1.807) is 14.2 Å². The maximum absolute atomic E-state index is 11.3. The smallest absolute Gasteiger partial charge is 0.250 e. The Morgan fingerprint density at radius 3 is 2.44 bits per heavy atom. The Bertz CT molecular complexity index is 477. The van der Waals surface area contributed by atoms with Crippen LogP contribution in [0, 0.1) is 0 Å². The Morgan fingerprint density at radius 1 is 1.19 bits per heavy atom. The van der Waals surface area contributed by atoms with Crippen molar-refractivity contribution in [2.24, 2.45) is 4.99 Å². The van der Waals surface area contributed by atoms with Crippen LogP contribution in [0.2, 0.25) is 0 Å².